The Morgan fingerprint density at radius 2 is 2.15 bits per heavy atom. The van der Waals surface area contributed by atoms with Gasteiger partial charge in [0, 0.05) is 11.5 Å². The van der Waals surface area contributed by atoms with Gasteiger partial charge >= 0.3 is 0 Å². The summed E-state index contributed by atoms with van der Waals surface area (Å²) in [6.07, 6.45) is 5.94. The molecule has 67 valence electrons. The smallest absolute Gasteiger partial charge is 0.130 e. The summed E-state index contributed by atoms with van der Waals surface area (Å²) in [7, 11) is 0. The van der Waals surface area contributed by atoms with E-state index in [0.29, 0.717) is 5.92 Å². The highest BCUT2D eigenvalue weighted by Crippen LogP contribution is 2.33. The zero-order chi connectivity index (χ0) is 9.10. The molecule has 1 aromatic carbocycles. The molecule has 1 heterocycles. The van der Waals surface area contributed by atoms with E-state index in [2.05, 4.69) is 25.1 Å². The van der Waals surface area contributed by atoms with Crippen molar-refractivity contribution in [1.82, 2.24) is 0 Å². The molecular weight excluding hydrogens is 160 g/mol. The maximum Gasteiger partial charge on any atom is 0.130 e. The maximum absolute atomic E-state index is 5.40. The molecule has 13 heavy (non-hydrogen) atoms. The van der Waals surface area contributed by atoms with Gasteiger partial charge in [0.05, 0.1) is 6.26 Å². The van der Waals surface area contributed by atoms with E-state index in [-0.39, 0.29) is 0 Å². The van der Waals surface area contributed by atoms with E-state index in [0.717, 1.165) is 18.6 Å². The Balaban J connectivity index is 2.31. The van der Waals surface area contributed by atoms with E-state index in [4.69, 9.17) is 4.74 Å². The van der Waals surface area contributed by atoms with Gasteiger partial charge in [-0.3, -0.25) is 0 Å². The van der Waals surface area contributed by atoms with Crippen molar-refractivity contribution in [2.24, 2.45) is 0 Å². The van der Waals surface area contributed by atoms with Crippen molar-refractivity contribution in [2.45, 2.75) is 18.8 Å². The van der Waals surface area contributed by atoms with Crippen LogP contribution in [0.4, 0.5) is 0 Å². The van der Waals surface area contributed by atoms with Gasteiger partial charge in [-0.1, -0.05) is 31.5 Å². The summed E-state index contributed by atoms with van der Waals surface area (Å²) in [6, 6.07) is 8.19. The van der Waals surface area contributed by atoms with Crippen molar-refractivity contribution >= 4 is 0 Å². The Morgan fingerprint density at radius 3 is 3.00 bits per heavy atom. The fraction of sp³-hybridized carbons (Fsp3) is 0.250. The third-order valence-corrected chi connectivity index (χ3v) is 2.34. The fourth-order valence-corrected chi connectivity index (χ4v) is 1.68. The van der Waals surface area contributed by atoms with Crippen molar-refractivity contribution < 1.29 is 4.74 Å². The Hall–Kier alpha value is -1.24. The molecule has 0 saturated heterocycles. The van der Waals surface area contributed by atoms with Gasteiger partial charge in [-0.2, -0.15) is 0 Å². The van der Waals surface area contributed by atoms with Crippen LogP contribution in [0.2, 0.25) is 0 Å². The zero-order valence-corrected chi connectivity index (χ0v) is 7.57. The molecular formula is C12H13O. The molecule has 1 nitrogen and oxygen atoms in total. The third kappa shape index (κ3) is 1.59. The molecule has 1 aromatic rings. The van der Waals surface area contributed by atoms with Gasteiger partial charge in [0.2, 0.25) is 0 Å². The minimum absolute atomic E-state index is 0.488. The van der Waals surface area contributed by atoms with Crippen LogP contribution in [0.25, 0.3) is 0 Å². The number of fused-ring (bicyclic) bond motifs is 1. The van der Waals surface area contributed by atoms with Gasteiger partial charge in [-0.05, 0) is 18.6 Å². The Morgan fingerprint density at radius 1 is 1.31 bits per heavy atom. The number of hydrogen-bond donors (Lipinski definition) is 0. The van der Waals surface area contributed by atoms with Crippen LogP contribution in [-0.4, -0.2) is 0 Å². The van der Waals surface area contributed by atoms with Crippen LogP contribution in [-0.2, 0) is 0 Å². The van der Waals surface area contributed by atoms with E-state index in [1.807, 2.05) is 12.1 Å². The van der Waals surface area contributed by atoms with Crippen LogP contribution < -0.4 is 4.74 Å². The highest BCUT2D eigenvalue weighted by atomic mass is 16.5. The second-order valence-electron chi connectivity index (χ2n) is 3.23. The first-order valence-electron chi connectivity index (χ1n) is 4.63. The largest absolute Gasteiger partial charge is 0.465 e. The standard InChI is InChI=1S/C12H13O/c1-2-5-10-8-9-13-12-7-4-3-6-11(10)12/h3-4,6-10H,1-2,5H2. The van der Waals surface area contributed by atoms with Gasteiger partial charge in [0.25, 0.3) is 0 Å². The molecule has 1 atom stereocenters. The van der Waals surface area contributed by atoms with E-state index < -0.39 is 0 Å². The predicted octanol–water partition coefficient (Wildman–Crippen LogP) is 3.29. The summed E-state index contributed by atoms with van der Waals surface area (Å²) in [4.78, 5) is 0. The Bertz CT molecular complexity index is 315. The normalized spacial score (nSPS) is 19.3. The minimum Gasteiger partial charge on any atom is -0.465 e. The van der Waals surface area contributed by atoms with Crippen LogP contribution >= 0.6 is 0 Å². The predicted molar refractivity (Wildman–Crippen MR) is 53.5 cm³/mol. The van der Waals surface area contributed by atoms with Crippen LogP contribution in [0.5, 0.6) is 5.75 Å². The summed E-state index contributed by atoms with van der Waals surface area (Å²) in [5, 5.41) is 0. The summed E-state index contributed by atoms with van der Waals surface area (Å²) in [5.74, 6) is 1.48. The first-order valence-corrected chi connectivity index (χ1v) is 4.63. The topological polar surface area (TPSA) is 9.23 Å². The quantitative estimate of drug-likeness (QED) is 0.666. The Kier molecular flexibility index (Phi) is 2.35. The van der Waals surface area contributed by atoms with Crippen LogP contribution in [0.3, 0.4) is 0 Å². The molecule has 0 spiro atoms. The lowest BCUT2D eigenvalue weighted by Gasteiger charge is -2.19. The third-order valence-electron chi connectivity index (χ3n) is 2.34. The van der Waals surface area contributed by atoms with Crippen LogP contribution in [0.1, 0.15) is 24.3 Å². The molecule has 1 heteroatoms. The van der Waals surface area contributed by atoms with E-state index in [1.54, 1.807) is 6.26 Å². The Labute approximate surface area is 79.0 Å². The summed E-state index contributed by atoms with van der Waals surface area (Å²) in [6.45, 7) is 3.88. The second-order valence-corrected chi connectivity index (χ2v) is 3.23. The fourth-order valence-electron chi connectivity index (χ4n) is 1.68. The molecule has 0 bridgehead atoms. The number of para-hydroxylation sites is 1. The molecule has 2 rings (SSSR count). The first kappa shape index (κ1) is 8.36. The number of ether oxygens (including phenoxy) is 1. The number of benzene rings is 1. The highest BCUT2D eigenvalue weighted by Gasteiger charge is 2.15. The summed E-state index contributed by atoms with van der Waals surface area (Å²) >= 11 is 0. The molecule has 1 aliphatic heterocycles. The maximum atomic E-state index is 5.40. The van der Waals surface area contributed by atoms with E-state index in [9.17, 15) is 0 Å². The number of rotatable bonds is 2. The molecule has 0 fully saturated rings. The van der Waals surface area contributed by atoms with Crippen molar-refractivity contribution in [2.75, 3.05) is 0 Å². The SMILES string of the molecule is [CH2]CCC1C=COc2ccccc21. The average Bonchev–Trinajstić information content (AvgIpc) is 2.19. The summed E-state index contributed by atoms with van der Waals surface area (Å²) < 4.78 is 5.40. The van der Waals surface area contributed by atoms with Crippen LogP contribution in [0, 0.1) is 6.92 Å². The number of hydrogen-bond acceptors (Lipinski definition) is 1. The van der Waals surface area contributed by atoms with Crippen LogP contribution in [0.15, 0.2) is 36.6 Å². The molecule has 0 aromatic heterocycles. The zero-order valence-electron chi connectivity index (χ0n) is 7.57. The second kappa shape index (κ2) is 3.65. The van der Waals surface area contributed by atoms with Crippen molar-refractivity contribution in [1.29, 1.82) is 0 Å². The lowest BCUT2D eigenvalue weighted by molar-refractivity contribution is 0.449. The molecule has 0 amide bonds. The molecule has 0 saturated carbocycles. The summed E-state index contributed by atoms with van der Waals surface area (Å²) in [5.41, 5.74) is 1.29. The minimum atomic E-state index is 0.488. The van der Waals surface area contributed by atoms with Crippen molar-refractivity contribution in [3.05, 3.63) is 49.1 Å². The van der Waals surface area contributed by atoms with Crippen molar-refractivity contribution in [3.63, 3.8) is 0 Å². The first-order chi connectivity index (χ1) is 6.42. The lowest BCUT2D eigenvalue weighted by atomic mass is 9.93. The van der Waals surface area contributed by atoms with Gasteiger partial charge in [0.1, 0.15) is 5.75 Å². The molecule has 0 aliphatic carbocycles. The van der Waals surface area contributed by atoms with Gasteiger partial charge in [-0.15, -0.1) is 0 Å². The monoisotopic (exact) mass is 173 g/mol. The van der Waals surface area contributed by atoms with Gasteiger partial charge < -0.3 is 4.74 Å². The lowest BCUT2D eigenvalue weighted by Crippen LogP contribution is -2.03. The van der Waals surface area contributed by atoms with E-state index in [1.165, 1.54) is 5.56 Å². The molecule has 1 unspecified atom stereocenters. The van der Waals surface area contributed by atoms with Gasteiger partial charge in [-0.25, -0.2) is 0 Å². The van der Waals surface area contributed by atoms with E-state index >= 15 is 0 Å². The molecule has 0 N–H and O–H groups in total. The average molecular weight is 173 g/mol. The van der Waals surface area contributed by atoms with Crippen molar-refractivity contribution in [3.8, 4) is 5.75 Å². The number of allylic oxidation sites excluding steroid dienone is 1. The highest BCUT2D eigenvalue weighted by molar-refractivity contribution is 5.40. The van der Waals surface area contributed by atoms with Gasteiger partial charge in [0.15, 0.2) is 0 Å². The molecule has 1 radical (unpaired) electrons. The molecule has 1 aliphatic rings.